The summed E-state index contributed by atoms with van der Waals surface area (Å²) < 4.78 is 0. The molecule has 0 aromatic carbocycles. The van der Waals surface area contributed by atoms with Crippen LogP contribution in [0.3, 0.4) is 0 Å². The second-order valence-corrected chi connectivity index (χ2v) is 11.0. The molecule has 1 saturated carbocycles. The van der Waals surface area contributed by atoms with Gasteiger partial charge in [-0.3, -0.25) is 0 Å². The Labute approximate surface area is 205 Å². The Morgan fingerprint density at radius 2 is 0.935 bits per heavy atom. The summed E-state index contributed by atoms with van der Waals surface area (Å²) in [5.41, 5.74) is 0.542. The Morgan fingerprint density at radius 1 is 0.677 bits per heavy atom. The van der Waals surface area contributed by atoms with Crippen LogP contribution in [0, 0.1) is 29.1 Å². The van der Waals surface area contributed by atoms with E-state index in [2.05, 4.69) is 96.9 Å². The van der Waals surface area contributed by atoms with Crippen LogP contribution < -0.4 is 0 Å². The molecule has 0 atom stereocenters. The zero-order valence-electron chi connectivity index (χ0n) is 26.5. The largest absolute Gasteiger partial charge is 0.0683 e. The van der Waals surface area contributed by atoms with Gasteiger partial charge in [-0.05, 0) is 29.1 Å². The van der Waals surface area contributed by atoms with Gasteiger partial charge in [0, 0.05) is 0 Å². The molecule has 0 bridgehead atoms. The fraction of sp³-hybridized carbons (Fsp3) is 1.00. The van der Waals surface area contributed by atoms with Crippen LogP contribution in [-0.2, 0) is 0 Å². The van der Waals surface area contributed by atoms with E-state index in [-0.39, 0.29) is 0 Å². The molecule has 1 rings (SSSR count). The standard InChI is InChI=1S/C6H12.2C6H14.C5H12.C4H10.2C2H6/c1-6-4-2-3-5-6;1-5-6(2,3)4;1-4-5-6(2)3;1-4-5(2)3;1-4(2)3;2*1-2/h6H,2-5H2,1H3;5H2,1-4H3;6H,4-5H2,1-3H3;5H,4H2,1-3H3;4H,1-3H3;2*1-2H3. The Kier molecular flexibility index (Phi) is 53.7. The third-order valence-corrected chi connectivity index (χ3v) is 4.39. The van der Waals surface area contributed by atoms with Gasteiger partial charge in [0.25, 0.3) is 0 Å². The molecule has 1 aliphatic rings. The average molecular weight is 447 g/mol. The van der Waals surface area contributed by atoms with E-state index >= 15 is 0 Å². The second kappa shape index (κ2) is 37.3. The van der Waals surface area contributed by atoms with Crippen LogP contribution in [0.25, 0.3) is 0 Å². The van der Waals surface area contributed by atoms with Gasteiger partial charge >= 0.3 is 0 Å². The fourth-order valence-corrected chi connectivity index (χ4v) is 1.71. The topological polar surface area (TPSA) is 0 Å². The molecule has 31 heavy (non-hydrogen) atoms. The van der Waals surface area contributed by atoms with Crippen LogP contribution in [0.5, 0.6) is 0 Å². The third-order valence-electron chi connectivity index (χ3n) is 4.39. The van der Waals surface area contributed by atoms with Crippen LogP contribution in [0.2, 0.25) is 0 Å². The molecule has 0 spiro atoms. The van der Waals surface area contributed by atoms with Gasteiger partial charge in [0.05, 0.1) is 0 Å². The minimum absolute atomic E-state index is 0.542. The summed E-state index contributed by atoms with van der Waals surface area (Å²) in [6.07, 6.45) is 11.2. The van der Waals surface area contributed by atoms with Crippen LogP contribution in [-0.4, -0.2) is 0 Å². The van der Waals surface area contributed by atoms with E-state index in [0.717, 1.165) is 23.7 Å². The van der Waals surface area contributed by atoms with Crippen molar-refractivity contribution < 1.29 is 0 Å². The van der Waals surface area contributed by atoms with E-state index in [1.54, 1.807) is 0 Å². The summed E-state index contributed by atoms with van der Waals surface area (Å²) in [5, 5.41) is 0. The molecular weight excluding hydrogens is 372 g/mol. The third kappa shape index (κ3) is 105. The molecule has 0 aromatic rings. The lowest BCUT2D eigenvalue weighted by atomic mass is 9.94. The fourth-order valence-electron chi connectivity index (χ4n) is 1.71. The van der Waals surface area contributed by atoms with Gasteiger partial charge in [0.15, 0.2) is 0 Å². The molecule has 0 nitrogen and oxygen atoms in total. The molecule has 0 heterocycles. The van der Waals surface area contributed by atoms with Gasteiger partial charge in [-0.1, -0.05) is 176 Å². The first-order valence-electron chi connectivity index (χ1n) is 14.2. The molecule has 0 amide bonds. The highest BCUT2D eigenvalue weighted by Crippen LogP contribution is 2.23. The van der Waals surface area contributed by atoms with E-state index < -0.39 is 0 Å². The SMILES string of the molecule is CC.CC.CC(C)C.CC1CCCC1.CCC(C)(C)C.CCC(C)C.CCCC(C)C. The molecular formula is C31H74. The van der Waals surface area contributed by atoms with Gasteiger partial charge in [-0.15, -0.1) is 0 Å². The Morgan fingerprint density at radius 3 is 0.968 bits per heavy atom. The van der Waals surface area contributed by atoms with E-state index in [1.807, 2.05) is 27.7 Å². The minimum Gasteiger partial charge on any atom is -0.0683 e. The normalized spacial score (nSPS) is 12.3. The highest BCUT2D eigenvalue weighted by Gasteiger charge is 2.07. The molecule has 1 fully saturated rings. The molecule has 0 heteroatoms. The van der Waals surface area contributed by atoms with Crippen molar-refractivity contribution in [3.05, 3.63) is 0 Å². The van der Waals surface area contributed by atoms with Crippen LogP contribution >= 0.6 is 0 Å². The zero-order chi connectivity index (χ0) is 26.5. The van der Waals surface area contributed by atoms with E-state index in [0.29, 0.717) is 5.41 Å². The quantitative estimate of drug-likeness (QED) is 0.404. The molecule has 0 aliphatic heterocycles. The van der Waals surface area contributed by atoms with E-state index in [4.69, 9.17) is 0 Å². The van der Waals surface area contributed by atoms with Crippen molar-refractivity contribution in [3.8, 4) is 0 Å². The Balaban J connectivity index is -0.0000000609. The van der Waals surface area contributed by atoms with Crippen LogP contribution in [0.15, 0.2) is 0 Å². The van der Waals surface area contributed by atoms with Crippen LogP contribution in [0.1, 0.15) is 176 Å². The predicted octanol–water partition coefficient (Wildman–Crippen LogP) is 12.8. The van der Waals surface area contributed by atoms with Crippen molar-refractivity contribution in [2.45, 2.75) is 176 Å². The molecule has 0 N–H and O–H groups in total. The molecule has 0 saturated heterocycles. The number of hydrogen-bond acceptors (Lipinski definition) is 0. The van der Waals surface area contributed by atoms with Gasteiger partial charge in [-0.2, -0.15) is 0 Å². The second-order valence-electron chi connectivity index (χ2n) is 11.0. The minimum atomic E-state index is 0.542. The Bertz CT molecular complexity index is 220. The smallest absolute Gasteiger partial charge is 0.0385 e. The number of hydrogen-bond donors (Lipinski definition) is 0. The lowest BCUT2D eigenvalue weighted by molar-refractivity contribution is 0.398. The maximum absolute atomic E-state index is 2.34. The lowest BCUT2D eigenvalue weighted by Gasteiger charge is -2.12. The monoisotopic (exact) mass is 447 g/mol. The first-order valence-corrected chi connectivity index (χ1v) is 14.2. The average Bonchev–Trinajstić information content (AvgIpc) is 3.16. The van der Waals surface area contributed by atoms with Gasteiger partial charge in [0.2, 0.25) is 0 Å². The summed E-state index contributed by atoms with van der Waals surface area (Å²) in [4.78, 5) is 0. The number of rotatable bonds is 3. The van der Waals surface area contributed by atoms with Crippen molar-refractivity contribution in [1.29, 1.82) is 0 Å². The lowest BCUT2D eigenvalue weighted by Crippen LogP contribution is -2.00. The maximum Gasteiger partial charge on any atom is -0.0385 e. The Hall–Kier alpha value is 0. The van der Waals surface area contributed by atoms with Gasteiger partial charge in [-0.25, -0.2) is 0 Å². The van der Waals surface area contributed by atoms with E-state index in [9.17, 15) is 0 Å². The van der Waals surface area contributed by atoms with Crippen LogP contribution in [0.4, 0.5) is 0 Å². The molecule has 0 aromatic heterocycles. The predicted molar refractivity (Wildman–Crippen MR) is 155 cm³/mol. The first kappa shape index (κ1) is 44.6. The zero-order valence-corrected chi connectivity index (χ0v) is 26.5. The first-order chi connectivity index (χ1) is 14.2. The van der Waals surface area contributed by atoms with Crippen molar-refractivity contribution >= 4 is 0 Å². The maximum atomic E-state index is 2.34. The molecule has 0 unspecified atom stereocenters. The summed E-state index contributed by atoms with van der Waals surface area (Å²) in [5.74, 6) is 3.66. The highest BCUT2D eigenvalue weighted by molar-refractivity contribution is 4.60. The molecule has 1 aliphatic carbocycles. The summed E-state index contributed by atoms with van der Waals surface area (Å²) in [7, 11) is 0. The van der Waals surface area contributed by atoms with Crippen molar-refractivity contribution in [2.75, 3.05) is 0 Å². The summed E-state index contributed by atoms with van der Waals surface area (Å²) >= 11 is 0. The van der Waals surface area contributed by atoms with Crippen molar-refractivity contribution in [3.63, 3.8) is 0 Å². The van der Waals surface area contributed by atoms with Crippen molar-refractivity contribution in [1.82, 2.24) is 0 Å². The van der Waals surface area contributed by atoms with Gasteiger partial charge in [0.1, 0.15) is 0 Å². The highest BCUT2D eigenvalue weighted by atomic mass is 14.1. The summed E-state index contributed by atoms with van der Waals surface area (Å²) in [6.45, 7) is 39.2. The summed E-state index contributed by atoms with van der Waals surface area (Å²) in [6, 6.07) is 0. The molecule has 0 radical (unpaired) electrons. The van der Waals surface area contributed by atoms with Gasteiger partial charge < -0.3 is 0 Å². The van der Waals surface area contributed by atoms with E-state index in [1.165, 1.54) is 51.4 Å². The van der Waals surface area contributed by atoms with Crippen molar-refractivity contribution in [2.24, 2.45) is 29.1 Å². The molecule has 198 valence electrons.